The Labute approximate surface area is 192 Å². The van der Waals surface area contributed by atoms with Gasteiger partial charge in [-0.3, -0.25) is 0 Å². The fraction of sp³-hybridized carbons (Fsp3) is 0.182. The van der Waals surface area contributed by atoms with Gasteiger partial charge in [-0.1, -0.05) is 0 Å². The summed E-state index contributed by atoms with van der Waals surface area (Å²) in [4.78, 5) is 15.2. The average Bonchev–Trinajstić information content (AvgIpc) is 2.97. The van der Waals surface area contributed by atoms with Gasteiger partial charge in [0.05, 0.1) is 27.5 Å². The van der Waals surface area contributed by atoms with Crippen molar-refractivity contribution in [3.05, 3.63) is 49.2 Å². The van der Waals surface area contributed by atoms with E-state index in [4.69, 9.17) is 20.3 Å². The van der Waals surface area contributed by atoms with Crippen molar-refractivity contribution >= 4 is 51.6 Å². The number of hydrogen-bond donors (Lipinski definition) is 2. The molecule has 3 N–H and O–H groups in total. The lowest BCUT2D eigenvalue weighted by Gasteiger charge is -2.14. The van der Waals surface area contributed by atoms with E-state index >= 15 is 0 Å². The number of aromatic nitrogens is 1. The summed E-state index contributed by atoms with van der Waals surface area (Å²) in [6, 6.07) is 7.80. The number of carboxylic acids is 1. The van der Waals surface area contributed by atoms with E-state index in [-0.39, 0.29) is 11.4 Å². The highest BCUT2D eigenvalue weighted by atomic mass is 127. The highest BCUT2D eigenvalue weighted by Gasteiger charge is 2.29. The number of anilines is 1. The second-order valence-electron chi connectivity index (χ2n) is 6.72. The molecule has 1 aromatic heterocycles. The van der Waals surface area contributed by atoms with Crippen LogP contribution in [0.3, 0.4) is 0 Å². The Morgan fingerprint density at radius 3 is 2.61 bits per heavy atom. The molecule has 0 saturated heterocycles. The molecule has 1 aromatic carbocycles. The van der Waals surface area contributed by atoms with Crippen molar-refractivity contribution < 1.29 is 19.4 Å². The first-order valence-corrected chi connectivity index (χ1v) is 10.1. The molecule has 9 heteroatoms. The fourth-order valence-electron chi connectivity index (χ4n) is 3.46. The molecular formula is C22H17IN4O4. The monoisotopic (exact) mass is 528 g/mol. The minimum absolute atomic E-state index is 0.0942. The molecule has 0 amide bonds. The normalized spacial score (nSPS) is 13.5. The lowest BCUT2D eigenvalue weighted by Crippen LogP contribution is -2.11. The topological polar surface area (TPSA) is 142 Å². The predicted molar refractivity (Wildman–Crippen MR) is 123 cm³/mol. The number of hydrogen-bond acceptors (Lipinski definition) is 7. The fourth-order valence-corrected chi connectivity index (χ4v) is 4.24. The minimum atomic E-state index is -1.09. The number of nitrogen functional groups attached to an aromatic ring is 1. The summed E-state index contributed by atoms with van der Waals surface area (Å²) < 4.78 is 11.4. The van der Waals surface area contributed by atoms with Gasteiger partial charge in [0.25, 0.3) is 0 Å². The highest BCUT2D eigenvalue weighted by molar-refractivity contribution is 14.1. The van der Waals surface area contributed by atoms with E-state index in [0.717, 1.165) is 16.7 Å². The van der Waals surface area contributed by atoms with Crippen LogP contribution in [0.15, 0.2) is 17.7 Å². The molecule has 0 bridgehead atoms. The van der Waals surface area contributed by atoms with Gasteiger partial charge in [0.1, 0.15) is 18.0 Å². The van der Waals surface area contributed by atoms with Crippen molar-refractivity contribution in [2.45, 2.75) is 13.8 Å². The van der Waals surface area contributed by atoms with Gasteiger partial charge in [0, 0.05) is 5.56 Å². The molecule has 1 aliphatic carbocycles. The molecule has 8 nitrogen and oxygen atoms in total. The molecule has 0 radical (unpaired) electrons. The van der Waals surface area contributed by atoms with Gasteiger partial charge in [-0.15, -0.1) is 0 Å². The van der Waals surface area contributed by atoms with Crippen LogP contribution in [-0.4, -0.2) is 29.8 Å². The van der Waals surface area contributed by atoms with Gasteiger partial charge in [0.15, 0.2) is 18.1 Å². The van der Waals surface area contributed by atoms with Crippen molar-refractivity contribution in [3.8, 4) is 23.6 Å². The lowest BCUT2D eigenvalue weighted by molar-refractivity contribution is -0.139. The second-order valence-corrected chi connectivity index (χ2v) is 7.88. The standard InChI is InChI=1S/C22H17IN4O4/c1-10-13(19-11(2)15(8-25)22(26)27-20(19)14(10)7-24)4-12-5-16(23)21(17(6-12)30-3)31-9-18(28)29/h4-6H,9H2,1-3H3,(H2,26,27)(H,28,29)/b13-4-. The van der Waals surface area contributed by atoms with Gasteiger partial charge in [-0.05, 0) is 76.9 Å². The van der Waals surface area contributed by atoms with Gasteiger partial charge in [0.2, 0.25) is 0 Å². The molecule has 0 unspecified atom stereocenters. The lowest BCUT2D eigenvalue weighted by atomic mass is 9.95. The van der Waals surface area contributed by atoms with Gasteiger partial charge < -0.3 is 20.3 Å². The highest BCUT2D eigenvalue weighted by Crippen LogP contribution is 2.45. The van der Waals surface area contributed by atoms with E-state index in [0.29, 0.717) is 37.5 Å². The Morgan fingerprint density at radius 1 is 1.32 bits per heavy atom. The van der Waals surface area contributed by atoms with Crippen LogP contribution in [0.2, 0.25) is 0 Å². The summed E-state index contributed by atoms with van der Waals surface area (Å²) in [5, 5.41) is 28.0. The van der Waals surface area contributed by atoms with Crippen molar-refractivity contribution in [3.63, 3.8) is 0 Å². The van der Waals surface area contributed by atoms with Crippen LogP contribution < -0.4 is 15.2 Å². The Hall–Kier alpha value is -3.57. The van der Waals surface area contributed by atoms with Gasteiger partial charge in [-0.25, -0.2) is 9.78 Å². The number of ether oxygens (including phenoxy) is 2. The largest absolute Gasteiger partial charge is 0.493 e. The Morgan fingerprint density at radius 2 is 2.03 bits per heavy atom. The quantitative estimate of drug-likeness (QED) is 0.559. The minimum Gasteiger partial charge on any atom is -0.493 e. The summed E-state index contributed by atoms with van der Waals surface area (Å²) in [6.45, 7) is 3.11. The summed E-state index contributed by atoms with van der Waals surface area (Å²) in [6.07, 6.45) is 1.87. The molecule has 0 atom stereocenters. The first kappa shape index (κ1) is 22.1. The second kappa shape index (κ2) is 8.66. The zero-order valence-electron chi connectivity index (χ0n) is 16.9. The third-order valence-corrected chi connectivity index (χ3v) is 5.69. The molecule has 1 aliphatic rings. The molecule has 0 spiro atoms. The van der Waals surface area contributed by atoms with E-state index in [2.05, 4.69) is 17.1 Å². The van der Waals surface area contributed by atoms with Crippen LogP contribution in [0, 0.1) is 33.2 Å². The molecular weight excluding hydrogens is 511 g/mol. The maximum atomic E-state index is 10.9. The molecule has 1 heterocycles. The molecule has 31 heavy (non-hydrogen) atoms. The number of nitrogens with zero attached hydrogens (tertiary/aromatic N) is 3. The van der Waals surface area contributed by atoms with Crippen molar-refractivity contribution in [1.82, 2.24) is 4.98 Å². The van der Waals surface area contributed by atoms with E-state index in [1.807, 2.05) is 41.7 Å². The SMILES string of the molecule is COc1cc(/C=C2/C(C)=C(C#N)c3nc(N)c(C#N)c(C)c32)cc(I)c1OCC(=O)O. The number of halogens is 1. The van der Waals surface area contributed by atoms with Crippen LogP contribution in [0.5, 0.6) is 11.5 Å². The number of carboxylic acid groups (broad SMARTS) is 1. The predicted octanol–water partition coefficient (Wildman–Crippen LogP) is 3.77. The summed E-state index contributed by atoms with van der Waals surface area (Å²) in [5.74, 6) is -0.282. The van der Waals surface area contributed by atoms with E-state index in [1.54, 1.807) is 13.0 Å². The Balaban J connectivity index is 2.21. The summed E-state index contributed by atoms with van der Waals surface area (Å²) >= 11 is 2.04. The molecule has 0 aliphatic heterocycles. The summed E-state index contributed by atoms with van der Waals surface area (Å²) in [7, 11) is 1.47. The number of fused-ring (bicyclic) bond motifs is 1. The maximum absolute atomic E-state index is 10.9. The van der Waals surface area contributed by atoms with Crippen LogP contribution >= 0.6 is 22.6 Å². The van der Waals surface area contributed by atoms with E-state index in [1.165, 1.54) is 7.11 Å². The van der Waals surface area contributed by atoms with Crippen LogP contribution in [0.4, 0.5) is 5.82 Å². The van der Waals surface area contributed by atoms with Crippen LogP contribution in [-0.2, 0) is 4.79 Å². The third kappa shape index (κ3) is 3.92. The van der Waals surface area contributed by atoms with Crippen molar-refractivity contribution in [1.29, 1.82) is 10.5 Å². The number of benzene rings is 1. The zero-order valence-corrected chi connectivity index (χ0v) is 19.1. The van der Waals surface area contributed by atoms with E-state index < -0.39 is 12.6 Å². The number of carbonyl (C=O) groups is 1. The smallest absolute Gasteiger partial charge is 0.341 e. The molecule has 2 aromatic rings. The first-order chi connectivity index (χ1) is 14.7. The summed E-state index contributed by atoms with van der Waals surface area (Å²) in [5.41, 5.74) is 10.7. The van der Waals surface area contributed by atoms with Gasteiger partial charge >= 0.3 is 5.97 Å². The molecule has 156 valence electrons. The molecule has 0 fully saturated rings. The number of methoxy groups -OCH3 is 1. The number of allylic oxidation sites excluding steroid dienone is 3. The van der Waals surface area contributed by atoms with Gasteiger partial charge in [-0.2, -0.15) is 10.5 Å². The van der Waals surface area contributed by atoms with Crippen molar-refractivity contribution in [2.24, 2.45) is 0 Å². The zero-order chi connectivity index (χ0) is 22.9. The Kier molecular flexibility index (Phi) is 6.18. The Bertz CT molecular complexity index is 1270. The average molecular weight is 528 g/mol. The molecule has 3 rings (SSSR count). The van der Waals surface area contributed by atoms with Crippen molar-refractivity contribution in [2.75, 3.05) is 19.5 Å². The number of rotatable bonds is 5. The number of aliphatic carboxylic acids is 1. The van der Waals surface area contributed by atoms with Crippen LogP contribution in [0.25, 0.3) is 17.2 Å². The number of nitriles is 2. The first-order valence-electron chi connectivity index (χ1n) is 8.99. The van der Waals surface area contributed by atoms with Crippen LogP contribution in [0.1, 0.15) is 34.9 Å². The van der Waals surface area contributed by atoms with E-state index in [9.17, 15) is 15.3 Å². The maximum Gasteiger partial charge on any atom is 0.341 e. The number of nitrogens with two attached hydrogens (primary N) is 1. The number of pyridine rings is 1. The molecule has 0 saturated carbocycles. The third-order valence-electron chi connectivity index (χ3n) is 4.89.